The molecule has 4 nitrogen and oxygen atoms in total. The molecule has 1 rings (SSSR count). The van der Waals surface area contributed by atoms with Crippen LogP contribution in [0.2, 0.25) is 0 Å². The SMILES string of the molecule is CC(CCN)SCc1cc(C(=O)NN)ccc1F. The fourth-order valence-corrected chi connectivity index (χ4v) is 2.45. The van der Waals surface area contributed by atoms with Crippen LogP contribution in [0.15, 0.2) is 18.2 Å². The fourth-order valence-electron chi connectivity index (χ4n) is 1.46. The van der Waals surface area contributed by atoms with E-state index in [4.69, 9.17) is 11.6 Å². The van der Waals surface area contributed by atoms with E-state index in [-0.39, 0.29) is 5.82 Å². The number of thioether (sulfide) groups is 1. The number of rotatable bonds is 6. The summed E-state index contributed by atoms with van der Waals surface area (Å²) in [5.41, 5.74) is 8.35. The molecule has 1 atom stereocenters. The molecule has 0 saturated heterocycles. The molecule has 1 amide bonds. The molecule has 0 bridgehead atoms. The van der Waals surface area contributed by atoms with Gasteiger partial charge >= 0.3 is 0 Å². The zero-order chi connectivity index (χ0) is 13.5. The number of hydrazine groups is 1. The van der Waals surface area contributed by atoms with Crippen LogP contribution in [-0.2, 0) is 5.75 Å². The highest BCUT2D eigenvalue weighted by molar-refractivity contribution is 7.99. The molecule has 0 heterocycles. The number of nitrogens with one attached hydrogen (secondary N) is 1. The lowest BCUT2D eigenvalue weighted by atomic mass is 10.1. The lowest BCUT2D eigenvalue weighted by molar-refractivity contribution is 0.0953. The van der Waals surface area contributed by atoms with Crippen LogP contribution in [0.1, 0.15) is 29.3 Å². The molecule has 0 aliphatic rings. The Morgan fingerprint density at radius 3 is 2.89 bits per heavy atom. The molecule has 100 valence electrons. The summed E-state index contributed by atoms with van der Waals surface area (Å²) in [6, 6.07) is 4.22. The smallest absolute Gasteiger partial charge is 0.265 e. The van der Waals surface area contributed by atoms with Gasteiger partial charge in [-0.3, -0.25) is 10.2 Å². The summed E-state index contributed by atoms with van der Waals surface area (Å²) in [5, 5.41) is 0.362. The maximum Gasteiger partial charge on any atom is 0.265 e. The molecule has 5 N–H and O–H groups in total. The highest BCUT2D eigenvalue weighted by Crippen LogP contribution is 2.22. The summed E-state index contributed by atoms with van der Waals surface area (Å²) in [7, 11) is 0. The maximum absolute atomic E-state index is 13.6. The molecule has 0 aromatic heterocycles. The summed E-state index contributed by atoms with van der Waals surface area (Å²) < 4.78 is 13.6. The highest BCUT2D eigenvalue weighted by Gasteiger charge is 2.10. The van der Waals surface area contributed by atoms with E-state index >= 15 is 0 Å². The van der Waals surface area contributed by atoms with Gasteiger partial charge in [-0.1, -0.05) is 6.92 Å². The zero-order valence-corrected chi connectivity index (χ0v) is 11.1. The van der Waals surface area contributed by atoms with E-state index in [0.29, 0.717) is 28.7 Å². The summed E-state index contributed by atoms with van der Waals surface area (Å²) in [5.74, 6) is 4.82. The van der Waals surface area contributed by atoms with Crippen LogP contribution < -0.4 is 17.0 Å². The van der Waals surface area contributed by atoms with E-state index in [2.05, 4.69) is 0 Å². The van der Waals surface area contributed by atoms with Gasteiger partial charge in [-0.05, 0) is 36.7 Å². The van der Waals surface area contributed by atoms with Gasteiger partial charge in [-0.2, -0.15) is 11.8 Å². The van der Waals surface area contributed by atoms with Crippen molar-refractivity contribution in [2.45, 2.75) is 24.3 Å². The standard InChI is InChI=1S/C12H18FN3OS/c1-8(4-5-14)18-7-10-6-9(12(17)16-15)2-3-11(10)13/h2-3,6,8H,4-5,7,14-15H2,1H3,(H,16,17). The van der Waals surface area contributed by atoms with Crippen molar-refractivity contribution in [2.75, 3.05) is 6.54 Å². The van der Waals surface area contributed by atoms with Crippen molar-refractivity contribution >= 4 is 17.7 Å². The molecule has 0 fully saturated rings. The molecule has 6 heteroatoms. The predicted molar refractivity (Wildman–Crippen MR) is 72.5 cm³/mol. The van der Waals surface area contributed by atoms with Gasteiger partial charge in [0.25, 0.3) is 5.91 Å². The molecule has 0 aliphatic heterocycles. The largest absolute Gasteiger partial charge is 0.330 e. The molecule has 0 saturated carbocycles. The molecule has 0 radical (unpaired) electrons. The Morgan fingerprint density at radius 2 is 2.28 bits per heavy atom. The number of hydrogen-bond acceptors (Lipinski definition) is 4. The second-order valence-electron chi connectivity index (χ2n) is 3.98. The molecule has 1 aromatic rings. The van der Waals surface area contributed by atoms with Gasteiger partial charge < -0.3 is 5.73 Å². The number of nitrogens with two attached hydrogens (primary N) is 2. The van der Waals surface area contributed by atoms with Gasteiger partial charge in [0.2, 0.25) is 0 Å². The van der Waals surface area contributed by atoms with E-state index in [1.165, 1.54) is 18.2 Å². The molecule has 18 heavy (non-hydrogen) atoms. The first-order chi connectivity index (χ1) is 8.58. The quantitative estimate of drug-likeness (QED) is 0.415. The van der Waals surface area contributed by atoms with Crippen LogP contribution in [0.4, 0.5) is 4.39 Å². The van der Waals surface area contributed by atoms with Gasteiger partial charge in [-0.15, -0.1) is 0 Å². The van der Waals surface area contributed by atoms with Crippen molar-refractivity contribution in [1.82, 2.24) is 5.43 Å². The number of amides is 1. The Morgan fingerprint density at radius 1 is 1.56 bits per heavy atom. The Kier molecular flexibility index (Phi) is 6.11. The predicted octanol–water partition coefficient (Wildman–Crippen LogP) is 1.40. The van der Waals surface area contributed by atoms with Crippen LogP contribution in [0, 0.1) is 5.82 Å². The minimum Gasteiger partial charge on any atom is -0.330 e. The molecular formula is C12H18FN3OS. The molecule has 1 aromatic carbocycles. The van der Waals surface area contributed by atoms with E-state index in [1.54, 1.807) is 11.8 Å². The summed E-state index contributed by atoms with van der Waals surface area (Å²) in [4.78, 5) is 11.3. The Bertz CT molecular complexity index is 414. The first-order valence-corrected chi connectivity index (χ1v) is 6.74. The van der Waals surface area contributed by atoms with Crippen LogP contribution in [0.25, 0.3) is 0 Å². The normalized spacial score (nSPS) is 12.2. The number of hydrogen-bond donors (Lipinski definition) is 3. The van der Waals surface area contributed by atoms with Crippen LogP contribution >= 0.6 is 11.8 Å². The van der Waals surface area contributed by atoms with Gasteiger partial charge in [0.15, 0.2) is 0 Å². The van der Waals surface area contributed by atoms with Crippen LogP contribution in [0.3, 0.4) is 0 Å². The number of benzene rings is 1. The van der Waals surface area contributed by atoms with Crippen molar-refractivity contribution in [3.63, 3.8) is 0 Å². The highest BCUT2D eigenvalue weighted by atomic mass is 32.2. The van der Waals surface area contributed by atoms with Crippen LogP contribution in [-0.4, -0.2) is 17.7 Å². The lowest BCUT2D eigenvalue weighted by Gasteiger charge is -2.11. The number of carbonyl (C=O) groups excluding carboxylic acids is 1. The van der Waals surface area contributed by atoms with Crippen LogP contribution in [0.5, 0.6) is 0 Å². The molecule has 1 unspecified atom stereocenters. The third-order valence-corrected chi connectivity index (χ3v) is 3.82. The second kappa shape index (κ2) is 7.35. The summed E-state index contributed by atoms with van der Waals surface area (Å²) >= 11 is 1.61. The van der Waals surface area contributed by atoms with Crippen molar-refractivity contribution in [3.8, 4) is 0 Å². The number of nitrogen functional groups attached to an aromatic ring is 1. The lowest BCUT2D eigenvalue weighted by Crippen LogP contribution is -2.30. The minimum atomic E-state index is -0.420. The van der Waals surface area contributed by atoms with Gasteiger partial charge in [0.05, 0.1) is 0 Å². The zero-order valence-electron chi connectivity index (χ0n) is 10.3. The number of halogens is 1. The average Bonchev–Trinajstić information content (AvgIpc) is 2.37. The van der Waals surface area contributed by atoms with E-state index < -0.39 is 5.91 Å². The molecule has 0 aliphatic carbocycles. The first-order valence-electron chi connectivity index (χ1n) is 5.69. The fraction of sp³-hybridized carbons (Fsp3) is 0.417. The Balaban J connectivity index is 2.72. The minimum absolute atomic E-state index is 0.309. The number of carbonyl (C=O) groups is 1. The Labute approximate surface area is 110 Å². The third-order valence-electron chi connectivity index (χ3n) is 2.54. The van der Waals surface area contributed by atoms with E-state index in [0.717, 1.165) is 6.42 Å². The first kappa shape index (κ1) is 14.9. The monoisotopic (exact) mass is 271 g/mol. The topological polar surface area (TPSA) is 81.1 Å². The maximum atomic E-state index is 13.6. The van der Waals surface area contributed by atoms with E-state index in [9.17, 15) is 9.18 Å². The van der Waals surface area contributed by atoms with Gasteiger partial charge in [0, 0.05) is 16.6 Å². The summed E-state index contributed by atoms with van der Waals surface area (Å²) in [6.07, 6.45) is 0.884. The van der Waals surface area contributed by atoms with Gasteiger partial charge in [-0.25, -0.2) is 10.2 Å². The van der Waals surface area contributed by atoms with Crippen molar-refractivity contribution in [2.24, 2.45) is 11.6 Å². The van der Waals surface area contributed by atoms with E-state index in [1.807, 2.05) is 12.3 Å². The summed E-state index contributed by atoms with van der Waals surface area (Å²) in [6.45, 7) is 2.66. The van der Waals surface area contributed by atoms with Crippen molar-refractivity contribution in [3.05, 3.63) is 35.1 Å². The van der Waals surface area contributed by atoms with Gasteiger partial charge in [0.1, 0.15) is 5.82 Å². The Hall–Kier alpha value is -1.11. The average molecular weight is 271 g/mol. The second-order valence-corrected chi connectivity index (χ2v) is 5.41. The van der Waals surface area contributed by atoms with Crippen molar-refractivity contribution < 1.29 is 9.18 Å². The molecule has 0 spiro atoms. The third kappa shape index (κ3) is 4.29. The molecular weight excluding hydrogens is 253 g/mol. The van der Waals surface area contributed by atoms with Crippen molar-refractivity contribution in [1.29, 1.82) is 0 Å².